The van der Waals surface area contributed by atoms with Crippen LogP contribution in [-0.2, 0) is 6.42 Å². The van der Waals surface area contributed by atoms with E-state index in [1.807, 2.05) is 32.1 Å². The Bertz CT molecular complexity index is 1080. The summed E-state index contributed by atoms with van der Waals surface area (Å²) in [5.41, 5.74) is 4.75. The standard InChI is InChI=1S/C24H30N6/c1-17-9-11-19(12-10-17)27-22-15-23(30(3)4)29-24(25-2,28-22)14-13-18-16-26-21-8-6-5-7-20(18)21/h5-12,15-16,25-28H,13-14H2,1-4H3. The number of likely N-dealkylation sites (N-methyl/N-ethyl adjacent to an activating group) is 1. The third-order valence-corrected chi connectivity index (χ3v) is 5.55. The lowest BCUT2D eigenvalue weighted by atomic mass is 10.0. The lowest BCUT2D eigenvalue weighted by Gasteiger charge is -2.37. The molecule has 1 aliphatic heterocycles. The summed E-state index contributed by atoms with van der Waals surface area (Å²) in [7, 11) is 5.99. The molecule has 1 aliphatic rings. The third kappa shape index (κ3) is 4.19. The van der Waals surface area contributed by atoms with Crippen LogP contribution in [0.3, 0.4) is 0 Å². The van der Waals surface area contributed by atoms with Crippen molar-refractivity contribution < 1.29 is 0 Å². The second-order valence-corrected chi connectivity index (χ2v) is 8.01. The fourth-order valence-electron chi connectivity index (χ4n) is 3.75. The Labute approximate surface area is 178 Å². The minimum Gasteiger partial charge on any atom is -0.363 e. The minimum absolute atomic E-state index is 0.597. The van der Waals surface area contributed by atoms with Crippen LogP contribution in [0.2, 0.25) is 0 Å². The molecule has 0 fully saturated rings. The molecule has 156 valence electrons. The first-order chi connectivity index (χ1) is 14.5. The summed E-state index contributed by atoms with van der Waals surface area (Å²) in [6, 6.07) is 16.8. The summed E-state index contributed by atoms with van der Waals surface area (Å²) < 4.78 is 0. The van der Waals surface area contributed by atoms with Crippen molar-refractivity contribution in [1.29, 1.82) is 0 Å². The van der Waals surface area contributed by atoms with E-state index < -0.39 is 5.79 Å². The van der Waals surface area contributed by atoms with E-state index in [0.717, 1.165) is 30.2 Å². The van der Waals surface area contributed by atoms with Gasteiger partial charge in [0.1, 0.15) is 11.7 Å². The first-order valence-electron chi connectivity index (χ1n) is 10.3. The molecular weight excluding hydrogens is 372 g/mol. The highest BCUT2D eigenvalue weighted by atomic mass is 15.4. The molecule has 3 aromatic rings. The summed E-state index contributed by atoms with van der Waals surface area (Å²) in [6.45, 7) is 2.09. The topological polar surface area (TPSA) is 67.5 Å². The maximum atomic E-state index is 5.01. The first-order valence-corrected chi connectivity index (χ1v) is 10.3. The Kier molecular flexibility index (Phi) is 5.50. The fourth-order valence-corrected chi connectivity index (χ4v) is 3.75. The zero-order valence-electron chi connectivity index (χ0n) is 18.1. The number of amidine groups is 1. The molecule has 4 N–H and O–H groups in total. The van der Waals surface area contributed by atoms with Gasteiger partial charge in [0.25, 0.3) is 0 Å². The highest BCUT2D eigenvalue weighted by molar-refractivity contribution is 5.94. The minimum atomic E-state index is -0.597. The predicted octanol–water partition coefficient (Wildman–Crippen LogP) is 3.80. The second kappa shape index (κ2) is 8.24. The molecule has 0 spiro atoms. The second-order valence-electron chi connectivity index (χ2n) is 8.01. The first kappa shape index (κ1) is 20.0. The lowest BCUT2D eigenvalue weighted by Crippen LogP contribution is -2.57. The Morgan fingerprint density at radius 2 is 1.83 bits per heavy atom. The highest BCUT2D eigenvalue weighted by Gasteiger charge is 2.32. The van der Waals surface area contributed by atoms with Crippen molar-refractivity contribution in [1.82, 2.24) is 20.5 Å². The number of aromatic amines is 1. The number of para-hydroxylation sites is 1. The van der Waals surface area contributed by atoms with Crippen molar-refractivity contribution in [3.8, 4) is 0 Å². The number of fused-ring (bicyclic) bond motifs is 1. The molecular formula is C24H30N6. The molecule has 0 aliphatic carbocycles. The van der Waals surface area contributed by atoms with Crippen LogP contribution >= 0.6 is 0 Å². The van der Waals surface area contributed by atoms with Crippen molar-refractivity contribution in [3.63, 3.8) is 0 Å². The van der Waals surface area contributed by atoms with Crippen LogP contribution in [0.15, 0.2) is 71.6 Å². The van der Waals surface area contributed by atoms with E-state index in [4.69, 9.17) is 4.99 Å². The number of rotatable bonds is 6. The predicted molar refractivity (Wildman–Crippen MR) is 126 cm³/mol. The highest BCUT2D eigenvalue weighted by Crippen LogP contribution is 2.24. The Morgan fingerprint density at radius 1 is 1.07 bits per heavy atom. The number of hydrogen-bond acceptors (Lipinski definition) is 5. The van der Waals surface area contributed by atoms with Gasteiger partial charge >= 0.3 is 0 Å². The van der Waals surface area contributed by atoms with E-state index >= 15 is 0 Å². The van der Waals surface area contributed by atoms with Crippen molar-refractivity contribution in [2.45, 2.75) is 25.6 Å². The number of nitrogens with zero attached hydrogens (tertiary/aromatic N) is 2. The number of aliphatic imine (C=N–C) groups is 1. The average Bonchev–Trinajstić information content (AvgIpc) is 3.17. The summed E-state index contributed by atoms with van der Waals surface area (Å²) in [4.78, 5) is 10.4. The van der Waals surface area contributed by atoms with Crippen molar-refractivity contribution in [3.05, 3.63) is 77.8 Å². The summed E-state index contributed by atoms with van der Waals surface area (Å²) in [6.07, 6.45) is 5.84. The van der Waals surface area contributed by atoms with Crippen LogP contribution in [0.5, 0.6) is 0 Å². The molecule has 30 heavy (non-hydrogen) atoms. The van der Waals surface area contributed by atoms with E-state index in [0.29, 0.717) is 0 Å². The van der Waals surface area contributed by atoms with Gasteiger partial charge in [-0.25, -0.2) is 4.99 Å². The monoisotopic (exact) mass is 402 g/mol. The number of benzene rings is 2. The van der Waals surface area contributed by atoms with E-state index in [-0.39, 0.29) is 0 Å². The SMILES string of the molecule is CNC1(CCc2c[nH]c3ccccc23)N=C(N(C)C)C=C(Nc2ccc(C)cc2)N1. The normalized spacial score (nSPS) is 18.5. The van der Waals surface area contributed by atoms with Gasteiger partial charge in [0.2, 0.25) is 0 Å². The zero-order valence-corrected chi connectivity index (χ0v) is 18.1. The summed E-state index contributed by atoms with van der Waals surface area (Å²) >= 11 is 0. The van der Waals surface area contributed by atoms with Crippen molar-refractivity contribution >= 4 is 22.4 Å². The molecule has 4 rings (SSSR count). The third-order valence-electron chi connectivity index (χ3n) is 5.55. The Morgan fingerprint density at radius 3 is 2.57 bits per heavy atom. The maximum Gasteiger partial charge on any atom is 0.188 e. The molecule has 0 radical (unpaired) electrons. The van der Waals surface area contributed by atoms with Gasteiger partial charge < -0.3 is 20.5 Å². The van der Waals surface area contributed by atoms with Crippen LogP contribution in [-0.4, -0.2) is 42.6 Å². The molecule has 6 heteroatoms. The van der Waals surface area contributed by atoms with Crippen molar-refractivity contribution in [2.75, 3.05) is 26.5 Å². The van der Waals surface area contributed by atoms with E-state index in [2.05, 4.69) is 82.6 Å². The number of H-pyrrole nitrogens is 1. The van der Waals surface area contributed by atoms with Crippen LogP contribution in [0.25, 0.3) is 10.9 Å². The smallest absolute Gasteiger partial charge is 0.188 e. The van der Waals surface area contributed by atoms with Gasteiger partial charge in [-0.3, -0.25) is 5.32 Å². The number of anilines is 1. The fraction of sp³-hybridized carbons (Fsp3) is 0.292. The molecule has 2 aromatic carbocycles. The van der Waals surface area contributed by atoms with E-state index in [9.17, 15) is 0 Å². The van der Waals surface area contributed by atoms with Gasteiger partial charge in [-0.15, -0.1) is 0 Å². The van der Waals surface area contributed by atoms with Gasteiger partial charge in [-0.1, -0.05) is 35.9 Å². The number of hydrogen-bond donors (Lipinski definition) is 4. The molecule has 1 unspecified atom stereocenters. The molecule has 2 heterocycles. The van der Waals surface area contributed by atoms with Crippen LogP contribution in [0, 0.1) is 6.92 Å². The van der Waals surface area contributed by atoms with Gasteiger partial charge in [-0.2, -0.15) is 0 Å². The molecule has 0 amide bonds. The van der Waals surface area contributed by atoms with Crippen LogP contribution < -0.4 is 16.0 Å². The number of aryl methyl sites for hydroxylation is 2. The molecule has 1 aromatic heterocycles. The van der Waals surface area contributed by atoms with E-state index in [1.54, 1.807) is 0 Å². The molecule has 1 atom stereocenters. The summed E-state index contributed by atoms with van der Waals surface area (Å²) in [5, 5.41) is 11.8. The zero-order chi connectivity index (χ0) is 21.1. The molecule has 6 nitrogen and oxygen atoms in total. The molecule has 0 saturated heterocycles. The van der Waals surface area contributed by atoms with Gasteiger partial charge in [-0.05, 0) is 44.2 Å². The van der Waals surface area contributed by atoms with Gasteiger partial charge in [0, 0.05) is 49.4 Å². The molecule has 0 bridgehead atoms. The van der Waals surface area contributed by atoms with Gasteiger partial charge in [0.05, 0.1) is 0 Å². The lowest BCUT2D eigenvalue weighted by molar-refractivity contribution is 0.285. The Balaban J connectivity index is 1.57. The van der Waals surface area contributed by atoms with Crippen LogP contribution in [0.4, 0.5) is 5.69 Å². The quantitative estimate of drug-likeness (QED) is 0.506. The maximum absolute atomic E-state index is 5.01. The molecule has 0 saturated carbocycles. The average molecular weight is 403 g/mol. The number of aromatic nitrogens is 1. The Hall–Kier alpha value is -3.25. The van der Waals surface area contributed by atoms with E-state index in [1.165, 1.54) is 22.0 Å². The van der Waals surface area contributed by atoms with Gasteiger partial charge in [0.15, 0.2) is 5.79 Å². The van der Waals surface area contributed by atoms with Crippen molar-refractivity contribution in [2.24, 2.45) is 4.99 Å². The number of nitrogens with one attached hydrogen (secondary N) is 4. The van der Waals surface area contributed by atoms with Crippen LogP contribution in [0.1, 0.15) is 17.5 Å². The largest absolute Gasteiger partial charge is 0.363 e. The summed E-state index contributed by atoms with van der Waals surface area (Å²) in [5.74, 6) is 1.24.